The summed E-state index contributed by atoms with van der Waals surface area (Å²) < 4.78 is 22.7. The van der Waals surface area contributed by atoms with Crippen LogP contribution in [0.4, 0.5) is 0 Å². The quantitative estimate of drug-likeness (QED) is 0.0212. The van der Waals surface area contributed by atoms with Gasteiger partial charge in [0, 0.05) is 12.8 Å². The van der Waals surface area contributed by atoms with Gasteiger partial charge in [-0.25, -0.2) is 4.79 Å². The van der Waals surface area contributed by atoms with Crippen LogP contribution < -0.4 is 0 Å². The van der Waals surface area contributed by atoms with Gasteiger partial charge in [0.05, 0.1) is 34.4 Å². The standard InChI is InChI=1S/C55H93NO8/c1-6-8-10-12-14-16-17-18-19-20-21-22-23-24-25-26-27-28-29-30-31-32-33-34-35-36-37-38-40-42-44-46-53(58)64-51(50-63-55(54(59)60)61-48-47-56(3,4)5)49-62-52(57)45-43-41-39-15-13-11-9-7-2/h8,10,14,16,18-19,21-22,24-25,27-28,30-31,51,55H,6-7,9,11-13,15,17,20,23,26,29,32-50H2,1-5H3/p+1/b10-8-,16-14-,19-18-,22-21-,25-24-,28-27-,31-30-. The Balaban J connectivity index is 4.18. The van der Waals surface area contributed by atoms with Crippen LogP contribution in [-0.2, 0) is 33.3 Å². The van der Waals surface area contributed by atoms with Gasteiger partial charge < -0.3 is 28.5 Å². The van der Waals surface area contributed by atoms with E-state index in [1.54, 1.807) is 0 Å². The van der Waals surface area contributed by atoms with Crippen molar-refractivity contribution in [1.29, 1.82) is 0 Å². The number of allylic oxidation sites excluding steroid dienone is 14. The van der Waals surface area contributed by atoms with Gasteiger partial charge in [0.15, 0.2) is 6.10 Å². The van der Waals surface area contributed by atoms with Crippen molar-refractivity contribution in [3.05, 3.63) is 85.1 Å². The maximum absolute atomic E-state index is 12.8. The summed E-state index contributed by atoms with van der Waals surface area (Å²) >= 11 is 0. The number of aliphatic carboxylic acids is 1. The number of rotatable bonds is 45. The van der Waals surface area contributed by atoms with E-state index in [1.165, 1.54) is 64.2 Å². The number of unbranched alkanes of at least 4 members (excludes halogenated alkanes) is 16. The van der Waals surface area contributed by atoms with Gasteiger partial charge in [-0.05, 0) is 70.6 Å². The summed E-state index contributed by atoms with van der Waals surface area (Å²) in [6.45, 7) is 4.70. The highest BCUT2D eigenvalue weighted by Crippen LogP contribution is 2.14. The van der Waals surface area contributed by atoms with Gasteiger partial charge in [-0.15, -0.1) is 0 Å². The molecule has 0 aromatic heterocycles. The molecule has 0 rings (SSSR count). The zero-order valence-corrected chi connectivity index (χ0v) is 41.4. The first kappa shape index (κ1) is 60.5. The Kier molecular flexibility index (Phi) is 43.5. The van der Waals surface area contributed by atoms with E-state index in [9.17, 15) is 19.5 Å². The molecule has 0 aliphatic rings. The average molecular weight is 897 g/mol. The molecule has 0 aromatic carbocycles. The van der Waals surface area contributed by atoms with Crippen molar-refractivity contribution in [2.75, 3.05) is 47.5 Å². The zero-order valence-electron chi connectivity index (χ0n) is 41.4. The topological polar surface area (TPSA) is 108 Å². The van der Waals surface area contributed by atoms with E-state index in [-0.39, 0.29) is 32.2 Å². The monoisotopic (exact) mass is 897 g/mol. The van der Waals surface area contributed by atoms with E-state index >= 15 is 0 Å². The third-order valence-electron chi connectivity index (χ3n) is 10.4. The Morgan fingerprint density at radius 3 is 1.33 bits per heavy atom. The van der Waals surface area contributed by atoms with Crippen LogP contribution in [0.2, 0.25) is 0 Å². The van der Waals surface area contributed by atoms with E-state index in [0.717, 1.165) is 89.9 Å². The SMILES string of the molecule is CC/C=C\C/C=C\C/C=C\C/C=C\C/C=C\C/C=C\C/C=C\CCCCCCCCCCCC(=O)OC(COC(=O)CCCCCCCCCC)COC(OCC[N+](C)(C)C)C(=O)O. The number of esters is 2. The molecule has 0 bridgehead atoms. The number of carboxylic acid groups (broad SMARTS) is 1. The van der Waals surface area contributed by atoms with Crippen molar-refractivity contribution in [2.45, 2.75) is 200 Å². The summed E-state index contributed by atoms with van der Waals surface area (Å²) in [5, 5.41) is 9.63. The molecule has 2 atom stereocenters. The second kappa shape index (κ2) is 46.0. The molecule has 2 unspecified atom stereocenters. The lowest BCUT2D eigenvalue weighted by atomic mass is 10.1. The second-order valence-corrected chi connectivity index (χ2v) is 17.8. The molecule has 9 heteroatoms. The molecule has 366 valence electrons. The highest BCUT2D eigenvalue weighted by atomic mass is 16.7. The number of likely N-dealkylation sites (N-methyl/N-ethyl adjacent to an activating group) is 1. The third kappa shape index (κ3) is 46.5. The first-order valence-electron chi connectivity index (χ1n) is 25.3. The first-order valence-corrected chi connectivity index (χ1v) is 25.3. The molecule has 0 spiro atoms. The Morgan fingerprint density at radius 2 is 0.891 bits per heavy atom. The van der Waals surface area contributed by atoms with Crippen molar-refractivity contribution in [1.82, 2.24) is 0 Å². The second-order valence-electron chi connectivity index (χ2n) is 17.8. The number of quaternary nitrogens is 1. The van der Waals surface area contributed by atoms with E-state index in [1.807, 2.05) is 21.1 Å². The molecule has 64 heavy (non-hydrogen) atoms. The lowest BCUT2D eigenvalue weighted by Crippen LogP contribution is -2.40. The fraction of sp³-hybridized carbons (Fsp3) is 0.691. The smallest absolute Gasteiger partial charge is 0.361 e. The molecule has 0 saturated heterocycles. The van der Waals surface area contributed by atoms with E-state index in [2.05, 4.69) is 98.9 Å². The number of hydrogen-bond donors (Lipinski definition) is 1. The maximum Gasteiger partial charge on any atom is 0.361 e. The largest absolute Gasteiger partial charge is 0.477 e. The van der Waals surface area contributed by atoms with Crippen molar-refractivity contribution in [3.63, 3.8) is 0 Å². The molecule has 0 saturated carbocycles. The van der Waals surface area contributed by atoms with Crippen molar-refractivity contribution in [2.24, 2.45) is 0 Å². The Bertz CT molecular complexity index is 1320. The normalized spacial score (nSPS) is 13.6. The number of carbonyl (C=O) groups excluding carboxylic acids is 2. The molecule has 0 radical (unpaired) electrons. The summed E-state index contributed by atoms with van der Waals surface area (Å²) in [4.78, 5) is 37.0. The van der Waals surface area contributed by atoms with Crippen molar-refractivity contribution in [3.8, 4) is 0 Å². The summed E-state index contributed by atoms with van der Waals surface area (Å²) in [7, 11) is 5.94. The highest BCUT2D eigenvalue weighted by molar-refractivity contribution is 5.71. The number of hydrogen-bond acceptors (Lipinski definition) is 7. The van der Waals surface area contributed by atoms with Gasteiger partial charge in [-0.2, -0.15) is 0 Å². The minimum absolute atomic E-state index is 0.183. The van der Waals surface area contributed by atoms with Gasteiger partial charge >= 0.3 is 17.9 Å². The number of carboxylic acids is 1. The Hall–Kier alpha value is -3.53. The van der Waals surface area contributed by atoms with Gasteiger partial charge in [-0.3, -0.25) is 9.59 Å². The molecule has 1 N–H and O–H groups in total. The van der Waals surface area contributed by atoms with Crippen LogP contribution in [0, 0.1) is 0 Å². The van der Waals surface area contributed by atoms with Crippen LogP contribution in [0.3, 0.4) is 0 Å². The summed E-state index contributed by atoms with van der Waals surface area (Å²) in [6.07, 6.45) is 56.7. The van der Waals surface area contributed by atoms with E-state index in [4.69, 9.17) is 18.9 Å². The number of ether oxygens (including phenoxy) is 4. The summed E-state index contributed by atoms with van der Waals surface area (Å²) in [5.41, 5.74) is 0. The van der Waals surface area contributed by atoms with Gasteiger partial charge in [-0.1, -0.05) is 189 Å². The highest BCUT2D eigenvalue weighted by Gasteiger charge is 2.25. The fourth-order valence-corrected chi connectivity index (χ4v) is 6.52. The maximum atomic E-state index is 12.8. The van der Waals surface area contributed by atoms with Crippen LogP contribution in [0.15, 0.2) is 85.1 Å². The molecule has 0 heterocycles. The molecule has 0 fully saturated rings. The average Bonchev–Trinajstić information content (AvgIpc) is 3.26. The third-order valence-corrected chi connectivity index (χ3v) is 10.4. The fourth-order valence-electron chi connectivity index (χ4n) is 6.52. The van der Waals surface area contributed by atoms with E-state index in [0.29, 0.717) is 23.9 Å². The van der Waals surface area contributed by atoms with Gasteiger partial charge in [0.25, 0.3) is 6.29 Å². The lowest BCUT2D eigenvalue weighted by Gasteiger charge is -2.25. The first-order chi connectivity index (χ1) is 31.1. The van der Waals surface area contributed by atoms with Crippen LogP contribution in [0.1, 0.15) is 187 Å². The molecule has 0 aromatic rings. The van der Waals surface area contributed by atoms with E-state index < -0.39 is 24.3 Å². The summed E-state index contributed by atoms with van der Waals surface area (Å²) in [5.74, 6) is -2.03. The van der Waals surface area contributed by atoms with Gasteiger partial charge in [0.2, 0.25) is 0 Å². The number of carbonyl (C=O) groups is 3. The zero-order chi connectivity index (χ0) is 47.0. The molecule has 9 nitrogen and oxygen atoms in total. The molecular formula is C55H94NO8+. The van der Waals surface area contributed by atoms with Crippen LogP contribution >= 0.6 is 0 Å². The molecule has 0 aliphatic carbocycles. The van der Waals surface area contributed by atoms with Crippen LogP contribution in [-0.4, -0.2) is 87.4 Å². The molecular weight excluding hydrogens is 803 g/mol. The minimum atomic E-state index is -1.51. The predicted molar refractivity (Wildman–Crippen MR) is 267 cm³/mol. The lowest BCUT2D eigenvalue weighted by molar-refractivity contribution is -0.870. The predicted octanol–water partition coefficient (Wildman–Crippen LogP) is 14.1. The molecule has 0 aliphatic heterocycles. The van der Waals surface area contributed by atoms with Crippen molar-refractivity contribution >= 4 is 17.9 Å². The number of nitrogens with zero attached hydrogens (tertiary/aromatic N) is 1. The minimum Gasteiger partial charge on any atom is -0.477 e. The summed E-state index contributed by atoms with van der Waals surface area (Å²) in [6, 6.07) is 0. The van der Waals surface area contributed by atoms with Crippen molar-refractivity contribution < 1.29 is 42.9 Å². The van der Waals surface area contributed by atoms with Gasteiger partial charge in [0.1, 0.15) is 13.2 Å². The van der Waals surface area contributed by atoms with Crippen LogP contribution in [0.25, 0.3) is 0 Å². The Labute approximate surface area is 391 Å². The van der Waals surface area contributed by atoms with Crippen LogP contribution in [0.5, 0.6) is 0 Å². The Morgan fingerprint density at radius 1 is 0.484 bits per heavy atom. The molecule has 0 amide bonds.